The highest BCUT2D eigenvalue weighted by atomic mass is 19.4. The molecule has 0 aromatic carbocycles. The Bertz CT molecular complexity index is 567. The SMILES string of the molecule is C=C(C(=O)C1C2CC3C1OC(=O)C3C2C(=O)O)C(F)(F)F. The minimum Gasteiger partial charge on any atom is -0.481 e. The van der Waals surface area contributed by atoms with Crippen LogP contribution in [0.3, 0.4) is 0 Å². The molecule has 21 heavy (non-hydrogen) atoms. The molecule has 1 heterocycles. The molecule has 8 heteroatoms. The van der Waals surface area contributed by atoms with E-state index in [9.17, 15) is 32.7 Å². The number of carboxylic acids is 1. The zero-order chi connectivity index (χ0) is 15.7. The summed E-state index contributed by atoms with van der Waals surface area (Å²) in [6.07, 6.45) is -5.60. The number of hydrogen-bond donors (Lipinski definition) is 1. The molecule has 5 nitrogen and oxygen atoms in total. The summed E-state index contributed by atoms with van der Waals surface area (Å²) in [5, 5.41) is 9.21. The lowest BCUT2D eigenvalue weighted by Crippen LogP contribution is -2.42. The van der Waals surface area contributed by atoms with Crippen molar-refractivity contribution in [2.45, 2.75) is 18.7 Å². The molecule has 6 unspecified atom stereocenters. The Hall–Kier alpha value is -1.86. The number of halogens is 3. The molecule has 2 bridgehead atoms. The average Bonchev–Trinajstić information content (AvgIpc) is 2.95. The summed E-state index contributed by atoms with van der Waals surface area (Å²) < 4.78 is 42.9. The number of fused-ring (bicyclic) bond motifs is 1. The van der Waals surface area contributed by atoms with Crippen molar-refractivity contribution in [2.24, 2.45) is 29.6 Å². The van der Waals surface area contributed by atoms with Gasteiger partial charge in [0.25, 0.3) is 0 Å². The molecule has 2 aliphatic carbocycles. The molecular formula is C13H11F3O5. The molecule has 3 rings (SSSR count). The molecule has 1 aliphatic heterocycles. The number of carbonyl (C=O) groups excluding carboxylic acids is 2. The number of esters is 1. The highest BCUT2D eigenvalue weighted by molar-refractivity contribution is 6.00. The molecule has 0 spiro atoms. The first kappa shape index (κ1) is 14.1. The van der Waals surface area contributed by atoms with Crippen LogP contribution >= 0.6 is 0 Å². The van der Waals surface area contributed by atoms with E-state index in [2.05, 4.69) is 6.58 Å². The second kappa shape index (κ2) is 4.08. The quantitative estimate of drug-likeness (QED) is 0.625. The Kier molecular flexibility index (Phi) is 2.74. The van der Waals surface area contributed by atoms with Crippen LogP contribution in [-0.4, -0.2) is 35.1 Å². The average molecular weight is 304 g/mol. The summed E-state index contributed by atoms with van der Waals surface area (Å²) in [7, 11) is 0. The van der Waals surface area contributed by atoms with E-state index in [1.807, 2.05) is 0 Å². The first-order chi connectivity index (χ1) is 9.64. The van der Waals surface area contributed by atoms with Gasteiger partial charge in [-0.3, -0.25) is 14.4 Å². The van der Waals surface area contributed by atoms with Gasteiger partial charge < -0.3 is 9.84 Å². The first-order valence-electron chi connectivity index (χ1n) is 6.38. The van der Waals surface area contributed by atoms with Crippen molar-refractivity contribution in [3.05, 3.63) is 12.2 Å². The Morgan fingerprint density at radius 2 is 1.86 bits per heavy atom. The fourth-order valence-electron chi connectivity index (χ4n) is 4.07. The monoisotopic (exact) mass is 304 g/mol. The topological polar surface area (TPSA) is 80.7 Å². The fraction of sp³-hybridized carbons (Fsp3) is 0.615. The number of ketones is 1. The normalized spacial score (nSPS) is 40.2. The fourth-order valence-corrected chi connectivity index (χ4v) is 4.07. The molecule has 1 saturated heterocycles. The minimum atomic E-state index is -4.88. The van der Waals surface area contributed by atoms with Crippen LogP contribution in [0.5, 0.6) is 0 Å². The Morgan fingerprint density at radius 1 is 1.24 bits per heavy atom. The Labute approximate surface area is 116 Å². The molecule has 114 valence electrons. The highest BCUT2D eigenvalue weighted by Crippen LogP contribution is 2.61. The number of allylic oxidation sites excluding steroid dienone is 1. The van der Waals surface area contributed by atoms with E-state index >= 15 is 0 Å². The second-order valence-corrected chi connectivity index (χ2v) is 5.72. The van der Waals surface area contributed by atoms with Gasteiger partial charge in [-0.2, -0.15) is 13.2 Å². The predicted octanol–water partition coefficient (Wildman–Crippen LogP) is 1.18. The van der Waals surface area contributed by atoms with Crippen molar-refractivity contribution >= 4 is 17.7 Å². The van der Waals surface area contributed by atoms with E-state index in [1.54, 1.807) is 0 Å². The van der Waals surface area contributed by atoms with Crippen LogP contribution in [0.4, 0.5) is 13.2 Å². The van der Waals surface area contributed by atoms with Gasteiger partial charge in [0.1, 0.15) is 6.10 Å². The van der Waals surface area contributed by atoms with Gasteiger partial charge in [0.05, 0.1) is 23.3 Å². The minimum absolute atomic E-state index is 0.222. The van der Waals surface area contributed by atoms with E-state index in [-0.39, 0.29) is 6.42 Å². The smallest absolute Gasteiger partial charge is 0.419 e. The third kappa shape index (κ3) is 1.74. The molecular weight excluding hydrogens is 293 g/mol. The van der Waals surface area contributed by atoms with Crippen molar-refractivity contribution in [1.29, 1.82) is 0 Å². The van der Waals surface area contributed by atoms with Gasteiger partial charge in [-0.1, -0.05) is 6.58 Å². The van der Waals surface area contributed by atoms with Gasteiger partial charge in [-0.15, -0.1) is 0 Å². The largest absolute Gasteiger partial charge is 0.481 e. The molecule has 0 radical (unpaired) electrons. The molecule has 3 fully saturated rings. The van der Waals surface area contributed by atoms with E-state index in [4.69, 9.17) is 4.74 Å². The van der Waals surface area contributed by atoms with Gasteiger partial charge in [0, 0.05) is 5.92 Å². The molecule has 0 amide bonds. The van der Waals surface area contributed by atoms with E-state index in [0.717, 1.165) is 0 Å². The van der Waals surface area contributed by atoms with Crippen molar-refractivity contribution in [3.63, 3.8) is 0 Å². The van der Waals surface area contributed by atoms with Crippen LogP contribution in [0.15, 0.2) is 12.2 Å². The van der Waals surface area contributed by atoms with Gasteiger partial charge in [-0.05, 0) is 12.3 Å². The van der Waals surface area contributed by atoms with Crippen molar-refractivity contribution in [1.82, 2.24) is 0 Å². The number of hydrogen-bond acceptors (Lipinski definition) is 4. The van der Waals surface area contributed by atoms with Gasteiger partial charge in [0.2, 0.25) is 0 Å². The summed E-state index contributed by atoms with van der Waals surface area (Å²) in [4.78, 5) is 35.0. The molecule has 3 aliphatic rings. The molecule has 6 atom stereocenters. The number of Topliss-reactive ketones (excluding diaryl/α,β-unsaturated/α-hetero) is 1. The summed E-state index contributed by atoms with van der Waals surface area (Å²) in [5.74, 6) is -7.82. The zero-order valence-corrected chi connectivity index (χ0v) is 10.6. The number of ether oxygens (including phenoxy) is 1. The number of aliphatic carboxylic acids is 1. The number of rotatable bonds is 3. The second-order valence-electron chi connectivity index (χ2n) is 5.72. The van der Waals surface area contributed by atoms with Gasteiger partial charge in [-0.25, -0.2) is 0 Å². The maximum absolute atomic E-state index is 12.6. The lowest BCUT2D eigenvalue weighted by molar-refractivity contribution is -0.151. The molecule has 1 N–H and O–H groups in total. The van der Waals surface area contributed by atoms with Crippen molar-refractivity contribution in [2.75, 3.05) is 0 Å². The summed E-state index contributed by atoms with van der Waals surface area (Å²) in [5.41, 5.74) is -1.52. The third-order valence-electron chi connectivity index (χ3n) is 4.84. The van der Waals surface area contributed by atoms with Crippen molar-refractivity contribution < 1.29 is 37.4 Å². The van der Waals surface area contributed by atoms with Crippen LogP contribution in [0, 0.1) is 29.6 Å². The van der Waals surface area contributed by atoms with Gasteiger partial charge >= 0.3 is 18.1 Å². The molecule has 2 saturated carbocycles. The van der Waals surface area contributed by atoms with E-state index in [0.29, 0.717) is 0 Å². The lowest BCUT2D eigenvalue weighted by Gasteiger charge is -2.29. The van der Waals surface area contributed by atoms with Crippen LogP contribution in [0.25, 0.3) is 0 Å². The first-order valence-corrected chi connectivity index (χ1v) is 6.38. The molecule has 0 aromatic heterocycles. The Balaban J connectivity index is 1.95. The maximum Gasteiger partial charge on any atom is 0.419 e. The zero-order valence-electron chi connectivity index (χ0n) is 10.6. The number of carboxylic acid groups (broad SMARTS) is 1. The third-order valence-corrected chi connectivity index (χ3v) is 4.84. The Morgan fingerprint density at radius 3 is 2.38 bits per heavy atom. The summed E-state index contributed by atoms with van der Waals surface area (Å²) >= 11 is 0. The predicted molar refractivity (Wildman–Crippen MR) is 59.8 cm³/mol. The molecule has 0 aromatic rings. The van der Waals surface area contributed by atoms with Crippen LogP contribution < -0.4 is 0 Å². The number of carbonyl (C=O) groups is 3. The van der Waals surface area contributed by atoms with E-state index in [1.165, 1.54) is 0 Å². The van der Waals surface area contributed by atoms with Crippen LogP contribution in [0.2, 0.25) is 0 Å². The van der Waals surface area contributed by atoms with Gasteiger partial charge in [0.15, 0.2) is 5.78 Å². The van der Waals surface area contributed by atoms with Crippen LogP contribution in [0.1, 0.15) is 6.42 Å². The summed E-state index contributed by atoms with van der Waals surface area (Å²) in [6, 6.07) is 0. The summed E-state index contributed by atoms with van der Waals surface area (Å²) in [6.45, 7) is 2.76. The lowest BCUT2D eigenvalue weighted by atomic mass is 9.72. The standard InChI is InChI=1S/C13H11F3O5/c1-3(13(14,15)16)9(17)8-4-2-5-7(6(4)11(18)19)12(20)21-10(5)8/h4-8,10H,1-2H2,(H,18,19). The van der Waals surface area contributed by atoms with Crippen molar-refractivity contribution in [3.8, 4) is 0 Å². The van der Waals surface area contributed by atoms with E-state index < -0.39 is 65.2 Å². The maximum atomic E-state index is 12.6. The highest BCUT2D eigenvalue weighted by Gasteiger charge is 2.70. The van der Waals surface area contributed by atoms with Crippen LogP contribution in [-0.2, 0) is 19.1 Å². The number of alkyl halides is 3.